The molecular formula is C20H20N4O3. The highest BCUT2D eigenvalue weighted by Gasteiger charge is 2.25. The number of nitro benzene ring substituents is 1. The number of hydrogen-bond donors (Lipinski definition) is 1. The topological polar surface area (TPSA) is 99.3 Å². The first-order valence-corrected chi connectivity index (χ1v) is 8.79. The molecular weight excluding hydrogens is 344 g/mol. The molecule has 7 nitrogen and oxygen atoms in total. The highest BCUT2D eigenvalue weighted by Crippen LogP contribution is 2.32. The Balaban J connectivity index is 1.69. The molecule has 2 aromatic carbocycles. The first kappa shape index (κ1) is 18.4. The lowest BCUT2D eigenvalue weighted by Gasteiger charge is -2.34. The highest BCUT2D eigenvalue weighted by atomic mass is 16.6. The largest absolute Gasteiger partial charge is 0.371 e. The van der Waals surface area contributed by atoms with E-state index in [1.807, 2.05) is 29.2 Å². The standard InChI is InChI=1S/C20H20N4O3/c1-14-18(11-15(13-21)12-19(14)24(26)27)23-9-7-17(8-10-23)22-20(25)16-5-3-2-4-6-16/h2-6,11-12,17H,7-10H2,1H3,(H,22,25). The highest BCUT2D eigenvalue weighted by molar-refractivity contribution is 5.94. The summed E-state index contributed by atoms with van der Waals surface area (Å²) in [4.78, 5) is 25.1. The molecule has 138 valence electrons. The van der Waals surface area contributed by atoms with E-state index in [1.165, 1.54) is 6.07 Å². The van der Waals surface area contributed by atoms with Gasteiger partial charge in [0.05, 0.1) is 22.1 Å². The maximum atomic E-state index is 12.3. The normalized spacial score (nSPS) is 14.4. The zero-order valence-electron chi connectivity index (χ0n) is 15.0. The Morgan fingerprint density at radius 3 is 2.52 bits per heavy atom. The molecule has 1 amide bonds. The third-order valence-corrected chi connectivity index (χ3v) is 4.89. The van der Waals surface area contributed by atoms with Gasteiger partial charge in [0, 0.05) is 36.4 Å². The SMILES string of the molecule is Cc1c(N2CCC(NC(=O)c3ccccc3)CC2)cc(C#N)cc1[N+](=O)[O-]. The predicted molar refractivity (Wildman–Crippen MR) is 102 cm³/mol. The first-order valence-electron chi connectivity index (χ1n) is 8.79. The number of amides is 1. The van der Waals surface area contributed by atoms with Crippen molar-refractivity contribution < 1.29 is 9.72 Å². The first-order chi connectivity index (χ1) is 13.0. The number of nitro groups is 1. The van der Waals surface area contributed by atoms with E-state index < -0.39 is 4.92 Å². The number of carbonyl (C=O) groups is 1. The Kier molecular flexibility index (Phi) is 5.36. The molecule has 1 N–H and O–H groups in total. The van der Waals surface area contributed by atoms with E-state index in [0.29, 0.717) is 29.9 Å². The second-order valence-electron chi connectivity index (χ2n) is 6.61. The lowest BCUT2D eigenvalue weighted by Crippen LogP contribution is -2.45. The number of benzene rings is 2. The van der Waals surface area contributed by atoms with Gasteiger partial charge in [-0.1, -0.05) is 18.2 Å². The summed E-state index contributed by atoms with van der Waals surface area (Å²) in [7, 11) is 0. The number of nitrogens with one attached hydrogen (secondary N) is 1. The van der Waals surface area contributed by atoms with Gasteiger partial charge < -0.3 is 10.2 Å². The zero-order chi connectivity index (χ0) is 19.4. The molecule has 0 spiro atoms. The third-order valence-electron chi connectivity index (χ3n) is 4.89. The molecule has 1 aliphatic heterocycles. The van der Waals surface area contributed by atoms with Crippen molar-refractivity contribution in [2.45, 2.75) is 25.8 Å². The average Bonchev–Trinajstić information content (AvgIpc) is 2.69. The van der Waals surface area contributed by atoms with Crippen LogP contribution in [0, 0.1) is 28.4 Å². The van der Waals surface area contributed by atoms with E-state index >= 15 is 0 Å². The van der Waals surface area contributed by atoms with Crippen LogP contribution in [0.3, 0.4) is 0 Å². The van der Waals surface area contributed by atoms with Crippen LogP contribution in [0.2, 0.25) is 0 Å². The number of rotatable bonds is 4. The van der Waals surface area contributed by atoms with E-state index in [9.17, 15) is 14.9 Å². The summed E-state index contributed by atoms with van der Waals surface area (Å²) in [5, 5.41) is 23.5. The fraction of sp³-hybridized carbons (Fsp3) is 0.300. The second-order valence-corrected chi connectivity index (χ2v) is 6.61. The minimum atomic E-state index is -0.452. The van der Waals surface area contributed by atoms with Crippen LogP contribution in [-0.4, -0.2) is 30.0 Å². The van der Waals surface area contributed by atoms with Gasteiger partial charge in [0.15, 0.2) is 0 Å². The van der Waals surface area contributed by atoms with Crippen molar-refractivity contribution in [1.29, 1.82) is 5.26 Å². The molecule has 0 aliphatic carbocycles. The van der Waals surface area contributed by atoms with Crippen molar-refractivity contribution in [1.82, 2.24) is 5.32 Å². The Bertz CT molecular complexity index is 897. The Hall–Kier alpha value is -3.40. The fourth-order valence-electron chi connectivity index (χ4n) is 3.39. The smallest absolute Gasteiger partial charge is 0.275 e. The van der Waals surface area contributed by atoms with Gasteiger partial charge in [-0.15, -0.1) is 0 Å². The van der Waals surface area contributed by atoms with Crippen LogP contribution in [0.4, 0.5) is 11.4 Å². The van der Waals surface area contributed by atoms with Crippen molar-refractivity contribution in [2.24, 2.45) is 0 Å². The van der Waals surface area contributed by atoms with Crippen molar-refractivity contribution in [3.8, 4) is 6.07 Å². The van der Waals surface area contributed by atoms with Gasteiger partial charge in [-0.2, -0.15) is 5.26 Å². The van der Waals surface area contributed by atoms with Crippen molar-refractivity contribution in [3.63, 3.8) is 0 Å². The van der Waals surface area contributed by atoms with E-state index in [-0.39, 0.29) is 23.2 Å². The summed E-state index contributed by atoms with van der Waals surface area (Å²) in [6, 6.07) is 14.1. The summed E-state index contributed by atoms with van der Waals surface area (Å²) in [6.45, 7) is 3.02. The molecule has 7 heteroatoms. The van der Waals surface area contributed by atoms with Gasteiger partial charge in [0.25, 0.3) is 11.6 Å². The van der Waals surface area contributed by atoms with Crippen LogP contribution >= 0.6 is 0 Å². The molecule has 1 aliphatic rings. The van der Waals surface area contributed by atoms with Crippen LogP contribution in [-0.2, 0) is 0 Å². The summed E-state index contributed by atoms with van der Waals surface area (Å²) in [5.41, 5.74) is 2.15. The van der Waals surface area contributed by atoms with E-state index in [2.05, 4.69) is 5.32 Å². The van der Waals surface area contributed by atoms with E-state index in [0.717, 1.165) is 12.8 Å². The third kappa shape index (κ3) is 4.06. The zero-order valence-corrected chi connectivity index (χ0v) is 15.0. The molecule has 27 heavy (non-hydrogen) atoms. The number of nitriles is 1. The summed E-state index contributed by atoms with van der Waals surface area (Å²) >= 11 is 0. The molecule has 1 heterocycles. The molecule has 1 fully saturated rings. The lowest BCUT2D eigenvalue weighted by atomic mass is 10.0. The monoisotopic (exact) mass is 364 g/mol. The average molecular weight is 364 g/mol. The number of nitrogens with zero attached hydrogens (tertiary/aromatic N) is 3. The van der Waals surface area contributed by atoms with Crippen LogP contribution in [0.5, 0.6) is 0 Å². The summed E-state index contributed by atoms with van der Waals surface area (Å²) < 4.78 is 0. The van der Waals surface area contributed by atoms with Gasteiger partial charge in [-0.05, 0) is 38.0 Å². The molecule has 1 saturated heterocycles. The van der Waals surface area contributed by atoms with E-state index in [4.69, 9.17) is 5.26 Å². The summed E-state index contributed by atoms with van der Waals surface area (Å²) in [5.74, 6) is -0.0904. The molecule has 0 bridgehead atoms. The predicted octanol–water partition coefficient (Wildman–Crippen LogP) is 3.17. The lowest BCUT2D eigenvalue weighted by molar-refractivity contribution is -0.385. The minimum absolute atomic E-state index is 0.0384. The van der Waals surface area contributed by atoms with Crippen molar-refractivity contribution in [3.05, 3.63) is 69.3 Å². The molecule has 2 aromatic rings. The number of anilines is 1. The van der Waals surface area contributed by atoms with Gasteiger partial charge in [0.1, 0.15) is 0 Å². The maximum absolute atomic E-state index is 12.3. The molecule has 3 rings (SSSR count). The van der Waals surface area contributed by atoms with Gasteiger partial charge in [0.2, 0.25) is 0 Å². The van der Waals surface area contributed by atoms with E-state index in [1.54, 1.807) is 25.1 Å². The second kappa shape index (κ2) is 7.87. The van der Waals surface area contributed by atoms with Crippen LogP contribution in [0.25, 0.3) is 0 Å². The van der Waals surface area contributed by atoms with Gasteiger partial charge in [-0.3, -0.25) is 14.9 Å². The fourth-order valence-corrected chi connectivity index (χ4v) is 3.39. The van der Waals surface area contributed by atoms with Crippen LogP contribution < -0.4 is 10.2 Å². The molecule has 0 saturated carbocycles. The van der Waals surface area contributed by atoms with Crippen LogP contribution in [0.1, 0.15) is 34.3 Å². The Morgan fingerprint density at radius 1 is 1.26 bits per heavy atom. The summed E-state index contributed by atoms with van der Waals surface area (Å²) in [6.07, 6.45) is 1.48. The maximum Gasteiger partial charge on any atom is 0.275 e. The number of hydrogen-bond acceptors (Lipinski definition) is 5. The Labute approximate surface area is 157 Å². The number of carbonyl (C=O) groups excluding carboxylic acids is 1. The minimum Gasteiger partial charge on any atom is -0.371 e. The Morgan fingerprint density at radius 2 is 1.93 bits per heavy atom. The van der Waals surface area contributed by atoms with Gasteiger partial charge in [-0.25, -0.2) is 0 Å². The molecule has 0 atom stereocenters. The van der Waals surface area contributed by atoms with Crippen LogP contribution in [0.15, 0.2) is 42.5 Å². The van der Waals surface area contributed by atoms with Crippen molar-refractivity contribution in [2.75, 3.05) is 18.0 Å². The van der Waals surface area contributed by atoms with Gasteiger partial charge >= 0.3 is 0 Å². The molecule has 0 unspecified atom stereocenters. The van der Waals surface area contributed by atoms with Crippen molar-refractivity contribution >= 4 is 17.3 Å². The number of piperidine rings is 1. The quantitative estimate of drug-likeness (QED) is 0.663. The molecule has 0 radical (unpaired) electrons. The molecule has 0 aromatic heterocycles.